The fourth-order valence-electron chi connectivity index (χ4n) is 1.43. The zero-order chi connectivity index (χ0) is 10.3. The number of hydrogen-bond acceptors (Lipinski definition) is 2. The van der Waals surface area contributed by atoms with Crippen LogP contribution in [0, 0.1) is 0 Å². The Morgan fingerprint density at radius 3 is 2.23 bits per heavy atom. The molecule has 0 aliphatic rings. The summed E-state index contributed by atoms with van der Waals surface area (Å²) in [5.41, 5.74) is 0. The molecule has 0 heterocycles. The maximum atomic E-state index is 10.8. The minimum atomic E-state index is -0.732. The van der Waals surface area contributed by atoms with E-state index >= 15 is 0 Å². The third-order valence-electron chi connectivity index (χ3n) is 2.08. The lowest BCUT2D eigenvalue weighted by atomic mass is 10.1. The van der Waals surface area contributed by atoms with Crippen molar-refractivity contribution >= 4 is 5.97 Å². The Bertz CT molecular complexity index is 148. The molecule has 0 aromatic rings. The molecular formula is C10H21NO2. The molecule has 0 saturated carbocycles. The average molecular weight is 187 g/mol. The van der Waals surface area contributed by atoms with Gasteiger partial charge in [-0.25, -0.2) is 0 Å². The smallest absolute Gasteiger partial charge is 0.320 e. The van der Waals surface area contributed by atoms with Crippen LogP contribution in [-0.4, -0.2) is 23.2 Å². The molecule has 0 amide bonds. The Kier molecular flexibility index (Phi) is 6.59. The zero-order valence-electron chi connectivity index (χ0n) is 8.84. The Hall–Kier alpha value is -0.570. The van der Waals surface area contributed by atoms with Crippen molar-refractivity contribution in [3.8, 4) is 0 Å². The van der Waals surface area contributed by atoms with E-state index in [9.17, 15) is 4.79 Å². The molecule has 0 fully saturated rings. The highest BCUT2D eigenvalue weighted by Crippen LogP contribution is 2.02. The molecule has 3 nitrogen and oxygen atoms in total. The fraction of sp³-hybridized carbons (Fsp3) is 0.900. The minimum absolute atomic E-state index is 0.303. The van der Waals surface area contributed by atoms with Crippen molar-refractivity contribution in [3.63, 3.8) is 0 Å². The molecule has 0 aromatic carbocycles. The summed E-state index contributed by atoms with van der Waals surface area (Å²) >= 11 is 0. The third-order valence-corrected chi connectivity index (χ3v) is 2.08. The summed E-state index contributed by atoms with van der Waals surface area (Å²) in [6.45, 7) is 6.14. The summed E-state index contributed by atoms with van der Waals surface area (Å²) in [6, 6.07) is -0.0656. The summed E-state index contributed by atoms with van der Waals surface area (Å²) in [6.07, 6.45) is 3.74. The standard InChI is InChI=1S/C10H21NO2/c1-4-6-8(3)11-9(7-5-2)10(12)13/h8-9,11H,4-7H2,1-3H3,(H,12,13). The van der Waals surface area contributed by atoms with Crippen molar-refractivity contribution in [3.05, 3.63) is 0 Å². The summed E-state index contributed by atoms with van der Waals surface area (Å²) in [7, 11) is 0. The largest absolute Gasteiger partial charge is 0.480 e. The summed E-state index contributed by atoms with van der Waals surface area (Å²) in [5, 5.41) is 12.0. The van der Waals surface area contributed by atoms with E-state index < -0.39 is 5.97 Å². The number of aliphatic carboxylic acids is 1. The number of hydrogen-bond donors (Lipinski definition) is 2. The second-order valence-electron chi connectivity index (χ2n) is 3.54. The van der Waals surface area contributed by atoms with Gasteiger partial charge in [0, 0.05) is 6.04 Å². The van der Waals surface area contributed by atoms with Crippen molar-refractivity contribution in [2.45, 2.75) is 58.5 Å². The second-order valence-corrected chi connectivity index (χ2v) is 3.54. The van der Waals surface area contributed by atoms with Crippen molar-refractivity contribution in [2.75, 3.05) is 0 Å². The molecule has 2 N–H and O–H groups in total. The molecule has 0 aromatic heterocycles. The van der Waals surface area contributed by atoms with Crippen molar-refractivity contribution in [2.24, 2.45) is 0 Å². The van der Waals surface area contributed by atoms with Crippen LogP contribution in [0.1, 0.15) is 46.5 Å². The molecule has 0 aliphatic carbocycles. The third kappa shape index (κ3) is 5.64. The minimum Gasteiger partial charge on any atom is -0.480 e. The van der Waals surface area contributed by atoms with Crippen LogP contribution < -0.4 is 5.32 Å². The van der Waals surface area contributed by atoms with Gasteiger partial charge < -0.3 is 10.4 Å². The fourth-order valence-corrected chi connectivity index (χ4v) is 1.43. The Morgan fingerprint density at radius 2 is 1.85 bits per heavy atom. The van der Waals surface area contributed by atoms with E-state index in [0.717, 1.165) is 19.3 Å². The first-order valence-electron chi connectivity index (χ1n) is 5.10. The maximum absolute atomic E-state index is 10.8. The summed E-state index contributed by atoms with van der Waals surface area (Å²) < 4.78 is 0. The number of carboxylic acid groups (broad SMARTS) is 1. The maximum Gasteiger partial charge on any atom is 0.320 e. The van der Waals surface area contributed by atoms with Crippen LogP contribution >= 0.6 is 0 Å². The number of nitrogens with one attached hydrogen (secondary N) is 1. The van der Waals surface area contributed by atoms with Gasteiger partial charge in [0.1, 0.15) is 6.04 Å². The highest BCUT2D eigenvalue weighted by molar-refractivity contribution is 5.73. The molecule has 0 spiro atoms. The Balaban J connectivity index is 3.86. The normalized spacial score (nSPS) is 15.3. The van der Waals surface area contributed by atoms with Crippen LogP contribution in [0.4, 0.5) is 0 Å². The van der Waals surface area contributed by atoms with E-state index in [1.807, 2.05) is 13.8 Å². The zero-order valence-corrected chi connectivity index (χ0v) is 8.84. The molecule has 0 aliphatic heterocycles. The average Bonchev–Trinajstić information content (AvgIpc) is 2.04. The molecule has 2 atom stereocenters. The number of carbonyl (C=O) groups is 1. The van der Waals surface area contributed by atoms with E-state index in [4.69, 9.17) is 5.11 Å². The van der Waals surface area contributed by atoms with Gasteiger partial charge in [0.25, 0.3) is 0 Å². The molecule has 0 rings (SSSR count). The molecule has 0 saturated heterocycles. The van der Waals surface area contributed by atoms with E-state index in [1.54, 1.807) is 0 Å². The first-order chi connectivity index (χ1) is 6.11. The van der Waals surface area contributed by atoms with Gasteiger partial charge in [-0.2, -0.15) is 0 Å². The van der Waals surface area contributed by atoms with Gasteiger partial charge in [-0.15, -0.1) is 0 Å². The topological polar surface area (TPSA) is 49.3 Å². The quantitative estimate of drug-likeness (QED) is 0.641. The van der Waals surface area contributed by atoms with Crippen LogP contribution in [0.15, 0.2) is 0 Å². The molecule has 0 radical (unpaired) electrons. The van der Waals surface area contributed by atoms with Crippen LogP contribution in [0.2, 0.25) is 0 Å². The van der Waals surface area contributed by atoms with E-state index in [0.29, 0.717) is 12.5 Å². The van der Waals surface area contributed by atoms with E-state index in [1.165, 1.54) is 0 Å². The summed E-state index contributed by atoms with van der Waals surface area (Å²) in [4.78, 5) is 10.8. The first-order valence-corrected chi connectivity index (χ1v) is 5.10. The van der Waals surface area contributed by atoms with Crippen LogP contribution in [0.25, 0.3) is 0 Å². The number of rotatable bonds is 7. The molecule has 13 heavy (non-hydrogen) atoms. The second kappa shape index (κ2) is 6.89. The van der Waals surface area contributed by atoms with Crippen LogP contribution in [0.5, 0.6) is 0 Å². The van der Waals surface area contributed by atoms with Crippen molar-refractivity contribution in [1.29, 1.82) is 0 Å². The molecule has 78 valence electrons. The molecular weight excluding hydrogens is 166 g/mol. The van der Waals surface area contributed by atoms with E-state index in [-0.39, 0.29) is 6.04 Å². The van der Waals surface area contributed by atoms with Gasteiger partial charge in [-0.1, -0.05) is 26.7 Å². The lowest BCUT2D eigenvalue weighted by Gasteiger charge is -2.18. The van der Waals surface area contributed by atoms with Gasteiger partial charge in [0.05, 0.1) is 0 Å². The van der Waals surface area contributed by atoms with Crippen molar-refractivity contribution < 1.29 is 9.90 Å². The molecule has 2 unspecified atom stereocenters. The Labute approximate surface area is 80.5 Å². The molecule has 3 heteroatoms. The highest BCUT2D eigenvalue weighted by atomic mass is 16.4. The number of carboxylic acids is 1. The monoisotopic (exact) mass is 187 g/mol. The Morgan fingerprint density at radius 1 is 1.31 bits per heavy atom. The van der Waals surface area contributed by atoms with Crippen molar-refractivity contribution in [1.82, 2.24) is 5.32 Å². The van der Waals surface area contributed by atoms with Gasteiger partial charge in [0.2, 0.25) is 0 Å². The van der Waals surface area contributed by atoms with E-state index in [2.05, 4.69) is 12.2 Å². The van der Waals surface area contributed by atoms with Gasteiger partial charge in [-0.3, -0.25) is 4.79 Å². The lowest BCUT2D eigenvalue weighted by Crippen LogP contribution is -2.41. The van der Waals surface area contributed by atoms with Gasteiger partial charge >= 0.3 is 5.97 Å². The van der Waals surface area contributed by atoms with Crippen LogP contribution in [0.3, 0.4) is 0 Å². The van der Waals surface area contributed by atoms with Gasteiger partial charge in [-0.05, 0) is 19.8 Å². The predicted molar refractivity (Wildman–Crippen MR) is 53.8 cm³/mol. The summed E-state index contributed by atoms with van der Waals surface area (Å²) in [5.74, 6) is -0.732. The first kappa shape index (κ1) is 12.4. The van der Waals surface area contributed by atoms with Gasteiger partial charge in [0.15, 0.2) is 0 Å². The highest BCUT2D eigenvalue weighted by Gasteiger charge is 2.17. The predicted octanol–water partition coefficient (Wildman–Crippen LogP) is 2.02. The molecule has 0 bridgehead atoms. The lowest BCUT2D eigenvalue weighted by molar-refractivity contribution is -0.139. The SMILES string of the molecule is CCCC(C)NC(CCC)C(=O)O. The van der Waals surface area contributed by atoms with Crippen LogP contribution in [-0.2, 0) is 4.79 Å².